The van der Waals surface area contributed by atoms with E-state index in [1.165, 1.54) is 0 Å². The lowest BCUT2D eigenvalue weighted by Crippen LogP contribution is -2.44. The first-order chi connectivity index (χ1) is 15.7. The molecule has 0 spiro atoms. The van der Waals surface area contributed by atoms with Gasteiger partial charge in [0.1, 0.15) is 23.6 Å². The summed E-state index contributed by atoms with van der Waals surface area (Å²) in [6.07, 6.45) is 8.18. The Kier molecular flexibility index (Phi) is 8.75. The number of benzene rings is 1. The lowest BCUT2D eigenvalue weighted by atomic mass is 10.2. The number of imidazole rings is 1. The van der Waals surface area contributed by atoms with E-state index in [0.717, 1.165) is 54.0 Å². The van der Waals surface area contributed by atoms with Crippen LogP contribution in [0.3, 0.4) is 0 Å². The van der Waals surface area contributed by atoms with Gasteiger partial charge < -0.3 is 25.0 Å². The zero-order valence-corrected chi connectivity index (χ0v) is 21.4. The first kappa shape index (κ1) is 24.6. The number of rotatable bonds is 7. The Morgan fingerprint density at radius 3 is 2.61 bits per heavy atom. The van der Waals surface area contributed by atoms with Crippen molar-refractivity contribution in [1.29, 1.82) is 0 Å². The molecule has 1 aliphatic heterocycles. The van der Waals surface area contributed by atoms with Gasteiger partial charge in [0.05, 0.1) is 14.2 Å². The van der Waals surface area contributed by atoms with E-state index in [-0.39, 0.29) is 30.0 Å². The van der Waals surface area contributed by atoms with E-state index in [1.807, 2.05) is 41.1 Å². The van der Waals surface area contributed by atoms with Crippen molar-refractivity contribution in [2.75, 3.05) is 39.3 Å². The Morgan fingerprint density at radius 1 is 1.15 bits per heavy atom. The number of aliphatic imine (C=N–C) groups is 1. The van der Waals surface area contributed by atoms with E-state index < -0.39 is 0 Å². The first-order valence-electron chi connectivity index (χ1n) is 10.6. The molecule has 1 atom stereocenters. The second kappa shape index (κ2) is 11.7. The molecule has 10 heteroatoms. The summed E-state index contributed by atoms with van der Waals surface area (Å²) in [6.45, 7) is 2.47. The van der Waals surface area contributed by atoms with Gasteiger partial charge in [-0.05, 0) is 24.1 Å². The highest BCUT2D eigenvalue weighted by Gasteiger charge is 2.24. The number of methoxy groups -OCH3 is 2. The van der Waals surface area contributed by atoms with Gasteiger partial charge in [-0.15, -0.1) is 24.0 Å². The van der Waals surface area contributed by atoms with Gasteiger partial charge in [0.15, 0.2) is 5.96 Å². The Labute approximate surface area is 211 Å². The Morgan fingerprint density at radius 2 is 1.94 bits per heavy atom. The number of guanidine groups is 1. The van der Waals surface area contributed by atoms with Gasteiger partial charge in [0, 0.05) is 75.2 Å². The third-order valence-corrected chi connectivity index (χ3v) is 5.49. The molecule has 1 aromatic carbocycles. The molecule has 2 N–H and O–H groups in total. The zero-order valence-electron chi connectivity index (χ0n) is 19.1. The van der Waals surface area contributed by atoms with Crippen LogP contribution >= 0.6 is 24.0 Å². The van der Waals surface area contributed by atoms with Gasteiger partial charge in [-0.3, -0.25) is 9.56 Å². The van der Waals surface area contributed by atoms with Crippen LogP contribution in [-0.2, 0) is 6.54 Å². The molecule has 176 valence electrons. The standard InChI is InChI=1S/C23H29N7O2.HI/c1-24-23(27-14-17-4-6-26-22(10-17)30-9-7-25-16-30)28-18-5-8-29(15-18)19-11-20(31-2)13-21(12-19)32-3;/h4,6-7,9-13,16,18H,5,8,14-15H2,1-3H3,(H2,24,27,28);1H. The van der Waals surface area contributed by atoms with Gasteiger partial charge in [0.25, 0.3) is 0 Å². The molecular weight excluding hydrogens is 533 g/mol. The molecule has 0 aliphatic carbocycles. The molecule has 1 saturated heterocycles. The second-order valence-electron chi connectivity index (χ2n) is 7.56. The summed E-state index contributed by atoms with van der Waals surface area (Å²) in [5, 5.41) is 6.94. The summed E-state index contributed by atoms with van der Waals surface area (Å²) >= 11 is 0. The number of aromatic nitrogens is 3. The van der Waals surface area contributed by atoms with Crippen LogP contribution in [0.4, 0.5) is 5.69 Å². The van der Waals surface area contributed by atoms with E-state index in [9.17, 15) is 0 Å². The molecule has 0 saturated carbocycles. The van der Waals surface area contributed by atoms with Crippen molar-refractivity contribution >= 4 is 35.6 Å². The van der Waals surface area contributed by atoms with Crippen LogP contribution in [0.15, 0.2) is 60.2 Å². The van der Waals surface area contributed by atoms with Crippen LogP contribution in [0.1, 0.15) is 12.0 Å². The lowest BCUT2D eigenvalue weighted by molar-refractivity contribution is 0.394. The minimum Gasteiger partial charge on any atom is -0.497 e. The molecule has 0 amide bonds. The van der Waals surface area contributed by atoms with Gasteiger partial charge in [0.2, 0.25) is 0 Å². The minimum atomic E-state index is 0. The zero-order chi connectivity index (χ0) is 22.3. The maximum absolute atomic E-state index is 5.41. The molecular formula is C23H30IN7O2. The number of halogens is 1. The third-order valence-electron chi connectivity index (χ3n) is 5.49. The lowest BCUT2D eigenvalue weighted by Gasteiger charge is -2.21. The maximum Gasteiger partial charge on any atom is 0.191 e. The SMILES string of the molecule is CN=C(NCc1ccnc(-n2ccnc2)c1)NC1CCN(c2cc(OC)cc(OC)c2)C1.I. The number of pyridine rings is 1. The highest BCUT2D eigenvalue weighted by atomic mass is 127. The van der Waals surface area contributed by atoms with E-state index in [0.29, 0.717) is 6.54 Å². The molecule has 4 rings (SSSR count). The van der Waals surface area contributed by atoms with Gasteiger partial charge in [-0.2, -0.15) is 0 Å². The van der Waals surface area contributed by atoms with Crippen molar-refractivity contribution in [3.05, 3.63) is 60.8 Å². The van der Waals surface area contributed by atoms with Crippen molar-refractivity contribution in [1.82, 2.24) is 25.2 Å². The number of ether oxygens (including phenoxy) is 2. The molecule has 9 nitrogen and oxygen atoms in total. The fraction of sp³-hybridized carbons (Fsp3) is 0.348. The fourth-order valence-corrected chi connectivity index (χ4v) is 3.77. The van der Waals surface area contributed by atoms with E-state index in [4.69, 9.17) is 9.47 Å². The normalized spacial score (nSPS) is 15.7. The topological polar surface area (TPSA) is 88.8 Å². The molecule has 33 heavy (non-hydrogen) atoms. The van der Waals surface area contributed by atoms with E-state index in [1.54, 1.807) is 40.0 Å². The summed E-state index contributed by atoms with van der Waals surface area (Å²) in [6, 6.07) is 10.3. The average molecular weight is 563 g/mol. The summed E-state index contributed by atoms with van der Waals surface area (Å²) < 4.78 is 12.7. The summed E-state index contributed by atoms with van der Waals surface area (Å²) in [5.74, 6) is 3.20. The molecule has 0 bridgehead atoms. The smallest absolute Gasteiger partial charge is 0.191 e. The van der Waals surface area contributed by atoms with Crippen molar-refractivity contribution in [2.45, 2.75) is 19.0 Å². The average Bonchev–Trinajstić information content (AvgIpc) is 3.54. The predicted octanol–water partition coefficient (Wildman–Crippen LogP) is 2.85. The molecule has 3 heterocycles. The Hall–Kier alpha value is -3.02. The predicted molar refractivity (Wildman–Crippen MR) is 140 cm³/mol. The number of nitrogens with one attached hydrogen (secondary N) is 2. The molecule has 1 unspecified atom stereocenters. The summed E-state index contributed by atoms with van der Waals surface area (Å²) in [5.41, 5.74) is 2.21. The van der Waals surface area contributed by atoms with Crippen LogP contribution in [-0.4, -0.2) is 60.9 Å². The summed E-state index contributed by atoms with van der Waals surface area (Å²) in [4.78, 5) is 15.2. The van der Waals surface area contributed by atoms with Crippen molar-refractivity contribution in [3.63, 3.8) is 0 Å². The van der Waals surface area contributed by atoms with Crippen molar-refractivity contribution < 1.29 is 9.47 Å². The Balaban J connectivity index is 0.00000306. The van der Waals surface area contributed by atoms with Gasteiger partial charge in [-0.25, -0.2) is 9.97 Å². The Bertz CT molecular complexity index is 1040. The molecule has 1 aliphatic rings. The number of anilines is 1. The monoisotopic (exact) mass is 563 g/mol. The van der Waals surface area contributed by atoms with Crippen LogP contribution in [0.5, 0.6) is 11.5 Å². The fourth-order valence-electron chi connectivity index (χ4n) is 3.77. The van der Waals surface area contributed by atoms with Crippen LogP contribution in [0.2, 0.25) is 0 Å². The maximum atomic E-state index is 5.41. The highest BCUT2D eigenvalue weighted by molar-refractivity contribution is 14.0. The number of hydrogen-bond donors (Lipinski definition) is 2. The van der Waals surface area contributed by atoms with Crippen molar-refractivity contribution in [3.8, 4) is 17.3 Å². The quantitative estimate of drug-likeness (QED) is 0.260. The molecule has 1 fully saturated rings. The van der Waals surface area contributed by atoms with Gasteiger partial charge >= 0.3 is 0 Å². The van der Waals surface area contributed by atoms with Crippen LogP contribution in [0.25, 0.3) is 5.82 Å². The molecule has 0 radical (unpaired) electrons. The summed E-state index contributed by atoms with van der Waals surface area (Å²) in [7, 11) is 5.13. The first-order valence-corrected chi connectivity index (χ1v) is 10.6. The largest absolute Gasteiger partial charge is 0.497 e. The van der Waals surface area contributed by atoms with Gasteiger partial charge in [-0.1, -0.05) is 0 Å². The van der Waals surface area contributed by atoms with Crippen molar-refractivity contribution in [2.24, 2.45) is 4.99 Å². The third kappa shape index (κ3) is 6.28. The molecule has 2 aromatic heterocycles. The van der Waals surface area contributed by atoms with E-state index in [2.05, 4.69) is 30.5 Å². The minimum absolute atomic E-state index is 0. The number of nitrogens with zero attached hydrogens (tertiary/aromatic N) is 5. The highest BCUT2D eigenvalue weighted by Crippen LogP contribution is 2.30. The van der Waals surface area contributed by atoms with Crippen LogP contribution in [0, 0.1) is 0 Å². The second-order valence-corrected chi connectivity index (χ2v) is 7.56. The number of hydrogen-bond acceptors (Lipinski definition) is 6. The van der Waals surface area contributed by atoms with Crippen LogP contribution < -0.4 is 25.0 Å². The molecule has 3 aromatic rings. The van der Waals surface area contributed by atoms with E-state index >= 15 is 0 Å².